The van der Waals surface area contributed by atoms with E-state index in [0.29, 0.717) is 18.0 Å². The van der Waals surface area contributed by atoms with E-state index < -0.39 is 0 Å². The normalized spacial score (nSPS) is 10.7. The van der Waals surface area contributed by atoms with Gasteiger partial charge in [-0.3, -0.25) is 9.48 Å². The van der Waals surface area contributed by atoms with Crippen molar-refractivity contribution in [3.05, 3.63) is 53.7 Å². The highest BCUT2D eigenvalue weighted by Gasteiger charge is 2.09. The lowest BCUT2D eigenvalue weighted by atomic mass is 10.2. The van der Waals surface area contributed by atoms with Crippen molar-refractivity contribution < 1.29 is 14.3 Å². The summed E-state index contributed by atoms with van der Waals surface area (Å²) in [6.45, 7) is 2.62. The second kappa shape index (κ2) is 7.25. The molecule has 6 nitrogen and oxygen atoms in total. The maximum absolute atomic E-state index is 12.3. The molecular formula is C19H21N3O3. The molecule has 1 aromatic heterocycles. The molecule has 0 saturated carbocycles. The van der Waals surface area contributed by atoms with Crippen LogP contribution in [0.3, 0.4) is 0 Å². The Bertz CT molecular complexity index is 902. The van der Waals surface area contributed by atoms with Crippen LogP contribution in [0.2, 0.25) is 0 Å². The SMILES string of the molecule is COc1ccc(CNC(=O)Cn2ncc3ccc(C)cc32)cc1OC. The maximum atomic E-state index is 12.3. The molecule has 2 aromatic carbocycles. The fraction of sp³-hybridized carbons (Fsp3) is 0.263. The Hall–Kier alpha value is -3.02. The van der Waals surface area contributed by atoms with Crippen molar-refractivity contribution in [1.82, 2.24) is 15.1 Å². The highest BCUT2D eigenvalue weighted by Crippen LogP contribution is 2.27. The Morgan fingerprint density at radius 3 is 2.68 bits per heavy atom. The summed E-state index contributed by atoms with van der Waals surface area (Å²) in [6, 6.07) is 11.6. The number of ether oxygens (including phenoxy) is 2. The molecule has 0 bridgehead atoms. The van der Waals surface area contributed by atoms with E-state index in [1.54, 1.807) is 25.1 Å². The number of nitrogens with zero attached hydrogens (tertiary/aromatic N) is 2. The largest absolute Gasteiger partial charge is 0.493 e. The maximum Gasteiger partial charge on any atom is 0.242 e. The number of carbonyl (C=O) groups is 1. The molecular weight excluding hydrogens is 318 g/mol. The molecule has 0 spiro atoms. The first-order chi connectivity index (χ1) is 12.1. The number of aromatic nitrogens is 2. The highest BCUT2D eigenvalue weighted by molar-refractivity contribution is 5.82. The molecule has 0 unspecified atom stereocenters. The fourth-order valence-electron chi connectivity index (χ4n) is 2.69. The Kier molecular flexibility index (Phi) is 4.88. The van der Waals surface area contributed by atoms with Crippen molar-refractivity contribution >= 4 is 16.8 Å². The van der Waals surface area contributed by atoms with Gasteiger partial charge in [-0.15, -0.1) is 0 Å². The van der Waals surface area contributed by atoms with E-state index in [9.17, 15) is 4.79 Å². The van der Waals surface area contributed by atoms with E-state index in [0.717, 1.165) is 22.0 Å². The highest BCUT2D eigenvalue weighted by atomic mass is 16.5. The lowest BCUT2D eigenvalue weighted by Gasteiger charge is -2.10. The zero-order valence-corrected chi connectivity index (χ0v) is 14.6. The minimum atomic E-state index is -0.0960. The standard InChI is InChI=1S/C19H21N3O3/c1-13-4-6-15-11-21-22(16(15)8-13)12-19(23)20-10-14-5-7-17(24-2)18(9-14)25-3/h4-9,11H,10,12H2,1-3H3,(H,20,23). The van der Waals surface area contributed by atoms with E-state index in [1.165, 1.54) is 0 Å². The molecule has 25 heavy (non-hydrogen) atoms. The average Bonchev–Trinajstić information content (AvgIpc) is 3.01. The zero-order chi connectivity index (χ0) is 17.8. The van der Waals surface area contributed by atoms with Crippen molar-refractivity contribution in [2.75, 3.05) is 14.2 Å². The summed E-state index contributed by atoms with van der Waals surface area (Å²) in [5.41, 5.74) is 3.04. The van der Waals surface area contributed by atoms with Crippen LogP contribution in [0.15, 0.2) is 42.6 Å². The van der Waals surface area contributed by atoms with Crippen LogP contribution in [-0.2, 0) is 17.9 Å². The topological polar surface area (TPSA) is 65.4 Å². The van der Waals surface area contributed by atoms with Gasteiger partial charge in [0.15, 0.2) is 11.5 Å². The number of amides is 1. The molecule has 0 aliphatic carbocycles. The number of carbonyl (C=O) groups excluding carboxylic acids is 1. The molecule has 6 heteroatoms. The van der Waals surface area contributed by atoms with Gasteiger partial charge in [0.05, 0.1) is 25.9 Å². The van der Waals surface area contributed by atoms with Crippen LogP contribution in [0.1, 0.15) is 11.1 Å². The van der Waals surface area contributed by atoms with Crippen molar-refractivity contribution in [3.8, 4) is 11.5 Å². The third-order valence-corrected chi connectivity index (χ3v) is 4.03. The van der Waals surface area contributed by atoms with Gasteiger partial charge >= 0.3 is 0 Å². The third kappa shape index (κ3) is 3.74. The summed E-state index contributed by atoms with van der Waals surface area (Å²) in [7, 11) is 3.18. The van der Waals surface area contributed by atoms with Gasteiger partial charge in [0.1, 0.15) is 6.54 Å². The number of benzene rings is 2. The van der Waals surface area contributed by atoms with Gasteiger partial charge in [-0.1, -0.05) is 18.2 Å². The van der Waals surface area contributed by atoms with Crippen LogP contribution >= 0.6 is 0 Å². The van der Waals surface area contributed by atoms with Gasteiger partial charge in [-0.2, -0.15) is 5.10 Å². The third-order valence-electron chi connectivity index (χ3n) is 4.03. The monoisotopic (exact) mass is 339 g/mol. The lowest BCUT2D eigenvalue weighted by Crippen LogP contribution is -2.27. The van der Waals surface area contributed by atoms with Gasteiger partial charge in [-0.25, -0.2) is 0 Å². The summed E-state index contributed by atoms with van der Waals surface area (Å²) < 4.78 is 12.2. The smallest absolute Gasteiger partial charge is 0.242 e. The van der Waals surface area contributed by atoms with E-state index in [-0.39, 0.29) is 12.5 Å². The first kappa shape index (κ1) is 16.8. The Balaban J connectivity index is 1.65. The zero-order valence-electron chi connectivity index (χ0n) is 14.6. The number of nitrogens with one attached hydrogen (secondary N) is 1. The van der Waals surface area contributed by atoms with Gasteiger partial charge in [0.25, 0.3) is 0 Å². The van der Waals surface area contributed by atoms with Crippen molar-refractivity contribution in [3.63, 3.8) is 0 Å². The molecule has 130 valence electrons. The molecule has 0 radical (unpaired) electrons. The van der Waals surface area contributed by atoms with Crippen LogP contribution in [0.4, 0.5) is 0 Å². The van der Waals surface area contributed by atoms with Crippen LogP contribution in [-0.4, -0.2) is 29.9 Å². The first-order valence-corrected chi connectivity index (χ1v) is 8.00. The van der Waals surface area contributed by atoms with E-state index >= 15 is 0 Å². The summed E-state index contributed by atoms with van der Waals surface area (Å²) in [5.74, 6) is 1.21. The summed E-state index contributed by atoms with van der Waals surface area (Å²) >= 11 is 0. The van der Waals surface area contributed by atoms with E-state index in [4.69, 9.17) is 9.47 Å². The Morgan fingerprint density at radius 2 is 1.92 bits per heavy atom. The Labute approximate surface area is 146 Å². The van der Waals surface area contributed by atoms with Crippen molar-refractivity contribution in [1.29, 1.82) is 0 Å². The fourth-order valence-corrected chi connectivity index (χ4v) is 2.69. The number of hydrogen-bond acceptors (Lipinski definition) is 4. The second-order valence-corrected chi connectivity index (χ2v) is 5.83. The van der Waals surface area contributed by atoms with Gasteiger partial charge < -0.3 is 14.8 Å². The predicted octanol–water partition coefficient (Wildman–Crippen LogP) is 2.68. The summed E-state index contributed by atoms with van der Waals surface area (Å²) in [4.78, 5) is 12.3. The minimum Gasteiger partial charge on any atom is -0.493 e. The Morgan fingerprint density at radius 1 is 1.12 bits per heavy atom. The summed E-state index contributed by atoms with van der Waals surface area (Å²) in [6.07, 6.45) is 1.77. The van der Waals surface area contributed by atoms with Crippen LogP contribution < -0.4 is 14.8 Å². The van der Waals surface area contributed by atoms with Crippen LogP contribution in [0.5, 0.6) is 11.5 Å². The molecule has 1 amide bonds. The number of hydrogen-bond donors (Lipinski definition) is 1. The van der Waals surface area contributed by atoms with Gasteiger partial charge in [0, 0.05) is 11.9 Å². The van der Waals surface area contributed by atoms with E-state index in [2.05, 4.69) is 10.4 Å². The number of fused-ring (bicyclic) bond motifs is 1. The predicted molar refractivity (Wildman–Crippen MR) is 95.9 cm³/mol. The van der Waals surface area contributed by atoms with Gasteiger partial charge in [0.2, 0.25) is 5.91 Å². The van der Waals surface area contributed by atoms with Crippen LogP contribution in [0, 0.1) is 6.92 Å². The molecule has 0 aliphatic heterocycles. The first-order valence-electron chi connectivity index (χ1n) is 8.00. The number of rotatable bonds is 6. The molecule has 0 saturated heterocycles. The molecule has 0 atom stereocenters. The average molecular weight is 339 g/mol. The minimum absolute atomic E-state index is 0.0960. The molecule has 0 aliphatic rings. The number of methoxy groups -OCH3 is 2. The van der Waals surface area contributed by atoms with Gasteiger partial charge in [-0.05, 0) is 36.2 Å². The molecule has 0 fully saturated rings. The van der Waals surface area contributed by atoms with Crippen molar-refractivity contribution in [2.24, 2.45) is 0 Å². The molecule has 3 aromatic rings. The lowest BCUT2D eigenvalue weighted by molar-refractivity contribution is -0.121. The molecule has 3 rings (SSSR count). The molecule has 1 heterocycles. The van der Waals surface area contributed by atoms with E-state index in [1.807, 2.05) is 43.3 Å². The number of aryl methyl sites for hydroxylation is 1. The summed E-state index contributed by atoms with van der Waals surface area (Å²) in [5, 5.41) is 8.24. The second-order valence-electron chi connectivity index (χ2n) is 5.83. The quantitative estimate of drug-likeness (QED) is 0.750. The van der Waals surface area contributed by atoms with Crippen LogP contribution in [0.25, 0.3) is 10.9 Å². The van der Waals surface area contributed by atoms with Crippen molar-refractivity contribution in [2.45, 2.75) is 20.0 Å². The molecule has 1 N–H and O–H groups in total.